The molecule has 8 nitrogen and oxygen atoms in total. The summed E-state index contributed by atoms with van der Waals surface area (Å²) in [4.78, 5) is 22.9. The molecular formula is C17H21N5O3S. The number of hydrogen-bond donors (Lipinski definition) is 3. The molecule has 2 heterocycles. The third kappa shape index (κ3) is 4.07. The second kappa shape index (κ2) is 8.37. The van der Waals surface area contributed by atoms with Gasteiger partial charge in [0.05, 0.1) is 30.8 Å². The van der Waals surface area contributed by atoms with Gasteiger partial charge in [-0.25, -0.2) is 9.97 Å². The molecule has 0 aliphatic carbocycles. The maximum absolute atomic E-state index is 12.2. The van der Waals surface area contributed by atoms with Gasteiger partial charge in [-0.2, -0.15) is 0 Å². The molecule has 2 aromatic heterocycles. The quantitative estimate of drug-likeness (QED) is 0.541. The van der Waals surface area contributed by atoms with E-state index >= 15 is 0 Å². The van der Waals surface area contributed by atoms with Crippen LogP contribution in [0, 0.1) is 0 Å². The number of carbonyl (C=O) groups excluding carboxylic acids is 1. The number of aliphatic hydroxyl groups excluding tert-OH is 2. The molecule has 1 amide bonds. The number of aromatic nitrogens is 3. The normalized spacial score (nSPS) is 11.4. The van der Waals surface area contributed by atoms with E-state index in [4.69, 9.17) is 10.2 Å². The number of amides is 1. The Kier molecular flexibility index (Phi) is 5.94. The lowest BCUT2D eigenvalue weighted by molar-refractivity contribution is -0.117. The standard InChI is InChI=1S/C17H21N5O3S/c1-21-14-5-3-2-4-12(14)18-16(21)13-11-26-17(19-13)20-15(25)10-22(6-8-23)7-9-24/h2-5,11,23-24H,6-10H2,1H3,(H,19,20,25). The Bertz CT molecular complexity index is 886. The van der Waals surface area contributed by atoms with E-state index in [9.17, 15) is 4.79 Å². The lowest BCUT2D eigenvalue weighted by Crippen LogP contribution is -2.37. The van der Waals surface area contributed by atoms with Crippen LogP contribution in [0.2, 0.25) is 0 Å². The fraction of sp³-hybridized carbons (Fsp3) is 0.353. The van der Waals surface area contributed by atoms with Crippen LogP contribution in [0.15, 0.2) is 29.6 Å². The predicted molar refractivity (Wildman–Crippen MR) is 101 cm³/mol. The van der Waals surface area contributed by atoms with Crippen molar-refractivity contribution in [2.45, 2.75) is 0 Å². The number of imidazole rings is 1. The van der Waals surface area contributed by atoms with Crippen molar-refractivity contribution in [2.24, 2.45) is 7.05 Å². The van der Waals surface area contributed by atoms with Crippen LogP contribution < -0.4 is 5.32 Å². The van der Waals surface area contributed by atoms with Crippen molar-refractivity contribution in [3.05, 3.63) is 29.6 Å². The highest BCUT2D eigenvalue weighted by Crippen LogP contribution is 2.26. The second-order valence-corrected chi connectivity index (χ2v) is 6.65. The van der Waals surface area contributed by atoms with Crippen LogP contribution in [-0.2, 0) is 11.8 Å². The highest BCUT2D eigenvalue weighted by molar-refractivity contribution is 7.14. The molecular weight excluding hydrogens is 354 g/mol. The number of carbonyl (C=O) groups is 1. The molecule has 0 bridgehead atoms. The van der Waals surface area contributed by atoms with E-state index in [2.05, 4.69) is 15.3 Å². The summed E-state index contributed by atoms with van der Waals surface area (Å²) in [6.45, 7) is 0.610. The number of anilines is 1. The zero-order valence-electron chi connectivity index (χ0n) is 14.4. The highest BCUT2D eigenvalue weighted by atomic mass is 32.1. The molecule has 3 N–H and O–H groups in total. The van der Waals surface area contributed by atoms with Gasteiger partial charge in [0.15, 0.2) is 11.0 Å². The minimum Gasteiger partial charge on any atom is -0.395 e. The second-order valence-electron chi connectivity index (χ2n) is 5.79. The Morgan fingerprint density at radius 2 is 1.96 bits per heavy atom. The van der Waals surface area contributed by atoms with Crippen LogP contribution in [-0.4, -0.2) is 68.4 Å². The number of thiazole rings is 1. The molecule has 138 valence electrons. The summed E-state index contributed by atoms with van der Waals surface area (Å²) < 4.78 is 1.97. The molecule has 0 aliphatic heterocycles. The van der Waals surface area contributed by atoms with Gasteiger partial charge in [-0.05, 0) is 12.1 Å². The largest absolute Gasteiger partial charge is 0.395 e. The van der Waals surface area contributed by atoms with Crippen LogP contribution >= 0.6 is 11.3 Å². The third-order valence-electron chi connectivity index (χ3n) is 3.97. The van der Waals surface area contributed by atoms with E-state index in [1.54, 1.807) is 4.90 Å². The van der Waals surface area contributed by atoms with Gasteiger partial charge in [-0.3, -0.25) is 9.69 Å². The van der Waals surface area contributed by atoms with E-state index in [-0.39, 0.29) is 25.7 Å². The highest BCUT2D eigenvalue weighted by Gasteiger charge is 2.15. The third-order valence-corrected chi connectivity index (χ3v) is 4.72. The lowest BCUT2D eigenvalue weighted by Gasteiger charge is -2.18. The molecule has 3 aromatic rings. The molecule has 0 spiro atoms. The number of para-hydroxylation sites is 2. The Morgan fingerprint density at radius 3 is 2.65 bits per heavy atom. The number of nitrogens with one attached hydrogen (secondary N) is 1. The van der Waals surface area contributed by atoms with Gasteiger partial charge in [-0.15, -0.1) is 11.3 Å². The number of fused-ring (bicyclic) bond motifs is 1. The molecule has 1 aromatic carbocycles. The smallest absolute Gasteiger partial charge is 0.240 e. The monoisotopic (exact) mass is 375 g/mol. The maximum Gasteiger partial charge on any atom is 0.240 e. The van der Waals surface area contributed by atoms with Crippen molar-refractivity contribution in [3.63, 3.8) is 0 Å². The van der Waals surface area contributed by atoms with Gasteiger partial charge < -0.3 is 20.1 Å². The van der Waals surface area contributed by atoms with Gasteiger partial charge in [-0.1, -0.05) is 12.1 Å². The molecule has 3 rings (SSSR count). The first kappa shape index (κ1) is 18.5. The summed E-state index contributed by atoms with van der Waals surface area (Å²) in [5, 5.41) is 23.1. The van der Waals surface area contributed by atoms with Crippen LogP contribution in [0.25, 0.3) is 22.6 Å². The molecule has 0 aliphatic rings. The summed E-state index contributed by atoms with van der Waals surface area (Å²) in [7, 11) is 1.93. The van der Waals surface area contributed by atoms with Crippen molar-refractivity contribution in [1.29, 1.82) is 0 Å². The summed E-state index contributed by atoms with van der Waals surface area (Å²) >= 11 is 1.33. The van der Waals surface area contributed by atoms with Crippen molar-refractivity contribution < 1.29 is 15.0 Å². The first-order chi connectivity index (χ1) is 12.6. The first-order valence-electron chi connectivity index (χ1n) is 8.23. The van der Waals surface area contributed by atoms with Crippen molar-refractivity contribution in [3.8, 4) is 11.5 Å². The minimum atomic E-state index is -0.238. The van der Waals surface area contributed by atoms with E-state index in [1.165, 1.54) is 11.3 Å². The van der Waals surface area contributed by atoms with Crippen LogP contribution in [0.1, 0.15) is 0 Å². The topological polar surface area (TPSA) is 104 Å². The van der Waals surface area contributed by atoms with Crippen LogP contribution in [0.3, 0.4) is 0 Å². The Balaban J connectivity index is 1.71. The lowest BCUT2D eigenvalue weighted by atomic mass is 10.3. The number of rotatable bonds is 8. The Hall–Kier alpha value is -2.33. The van der Waals surface area contributed by atoms with Crippen LogP contribution in [0.4, 0.5) is 5.13 Å². The number of nitrogens with zero attached hydrogens (tertiary/aromatic N) is 4. The van der Waals surface area contributed by atoms with E-state index in [1.807, 2.05) is 41.3 Å². The fourth-order valence-corrected chi connectivity index (χ4v) is 3.43. The van der Waals surface area contributed by atoms with Gasteiger partial charge in [0, 0.05) is 25.5 Å². The van der Waals surface area contributed by atoms with Crippen molar-refractivity contribution in [1.82, 2.24) is 19.4 Å². The molecule has 9 heteroatoms. The summed E-state index contributed by atoms with van der Waals surface area (Å²) in [5.41, 5.74) is 2.61. The van der Waals surface area contributed by atoms with E-state index in [0.29, 0.717) is 23.9 Å². The Labute approximate surface area is 154 Å². The zero-order chi connectivity index (χ0) is 18.5. The summed E-state index contributed by atoms with van der Waals surface area (Å²) in [5.74, 6) is 0.503. The summed E-state index contributed by atoms with van der Waals surface area (Å²) in [6, 6.07) is 7.85. The molecule has 0 radical (unpaired) electrons. The molecule has 26 heavy (non-hydrogen) atoms. The number of aryl methyl sites for hydroxylation is 1. The minimum absolute atomic E-state index is 0.0681. The van der Waals surface area contributed by atoms with E-state index < -0.39 is 0 Å². The van der Waals surface area contributed by atoms with Crippen molar-refractivity contribution in [2.75, 3.05) is 38.2 Å². The molecule has 0 saturated carbocycles. The number of hydrogen-bond acceptors (Lipinski definition) is 7. The number of benzene rings is 1. The molecule has 0 atom stereocenters. The van der Waals surface area contributed by atoms with Gasteiger partial charge >= 0.3 is 0 Å². The average Bonchev–Trinajstić information content (AvgIpc) is 3.20. The van der Waals surface area contributed by atoms with Crippen LogP contribution in [0.5, 0.6) is 0 Å². The molecule has 0 fully saturated rings. The van der Waals surface area contributed by atoms with Gasteiger partial charge in [0.2, 0.25) is 5.91 Å². The fourth-order valence-electron chi connectivity index (χ4n) is 2.72. The van der Waals surface area contributed by atoms with Gasteiger partial charge in [0.25, 0.3) is 0 Å². The van der Waals surface area contributed by atoms with Gasteiger partial charge in [0.1, 0.15) is 5.69 Å². The zero-order valence-corrected chi connectivity index (χ0v) is 15.2. The average molecular weight is 375 g/mol. The predicted octanol–water partition coefficient (Wildman–Crippen LogP) is 0.922. The molecule has 0 saturated heterocycles. The summed E-state index contributed by atoms with van der Waals surface area (Å²) in [6.07, 6.45) is 0. The number of aliphatic hydroxyl groups is 2. The Morgan fingerprint density at radius 1 is 1.23 bits per heavy atom. The SMILES string of the molecule is Cn1c(-c2csc(NC(=O)CN(CCO)CCO)n2)nc2ccccc21. The molecule has 0 unspecified atom stereocenters. The first-order valence-corrected chi connectivity index (χ1v) is 9.11. The maximum atomic E-state index is 12.2. The van der Waals surface area contributed by atoms with Crippen molar-refractivity contribution >= 4 is 33.4 Å². The van der Waals surface area contributed by atoms with E-state index in [0.717, 1.165) is 16.9 Å².